The van der Waals surface area contributed by atoms with Crippen molar-refractivity contribution < 1.29 is 4.79 Å². The molecule has 1 heterocycles. The molecule has 3 nitrogen and oxygen atoms in total. The van der Waals surface area contributed by atoms with Gasteiger partial charge >= 0.3 is 0 Å². The van der Waals surface area contributed by atoms with Crippen molar-refractivity contribution >= 4 is 5.78 Å². The van der Waals surface area contributed by atoms with Crippen LogP contribution in [0.1, 0.15) is 93.4 Å². The van der Waals surface area contributed by atoms with Gasteiger partial charge in [0, 0.05) is 18.9 Å². The van der Waals surface area contributed by atoms with E-state index in [1.807, 2.05) is 0 Å². The van der Waals surface area contributed by atoms with Gasteiger partial charge in [-0.05, 0) is 31.1 Å². The van der Waals surface area contributed by atoms with Gasteiger partial charge < -0.3 is 0 Å². The number of carbonyl (C=O) groups is 1. The lowest BCUT2D eigenvalue weighted by Gasteiger charge is -2.30. The van der Waals surface area contributed by atoms with Gasteiger partial charge in [-0.2, -0.15) is 5.10 Å². The minimum Gasteiger partial charge on any atom is -0.294 e. The van der Waals surface area contributed by atoms with Crippen LogP contribution in [0.4, 0.5) is 0 Å². The topological polar surface area (TPSA) is 34.9 Å². The maximum atomic E-state index is 12.7. The van der Waals surface area contributed by atoms with E-state index in [4.69, 9.17) is 5.10 Å². The Balaban J connectivity index is 2.03. The molecule has 116 valence electrons. The van der Waals surface area contributed by atoms with Crippen LogP contribution in [0, 0.1) is 5.41 Å². The van der Waals surface area contributed by atoms with Gasteiger partial charge in [0.1, 0.15) is 0 Å². The number of aryl methyl sites for hydroxylation is 1. The Kier molecular flexibility index (Phi) is 3.94. The number of carbonyl (C=O) groups excluding carboxylic acids is 1. The summed E-state index contributed by atoms with van der Waals surface area (Å²) in [7, 11) is 0. The van der Waals surface area contributed by atoms with Gasteiger partial charge in [0.2, 0.25) is 0 Å². The molecule has 0 bridgehead atoms. The van der Waals surface area contributed by atoms with E-state index in [9.17, 15) is 4.79 Å². The van der Waals surface area contributed by atoms with E-state index in [1.54, 1.807) is 0 Å². The van der Waals surface area contributed by atoms with E-state index in [0.29, 0.717) is 18.1 Å². The summed E-state index contributed by atoms with van der Waals surface area (Å²) in [6.07, 6.45) is 9.10. The predicted molar refractivity (Wildman–Crippen MR) is 84.8 cm³/mol. The second kappa shape index (κ2) is 5.58. The highest BCUT2D eigenvalue weighted by molar-refractivity contribution is 6.00. The fraction of sp³-hybridized carbons (Fsp3) is 0.778. The number of hydrogen-bond donors (Lipinski definition) is 0. The third-order valence-electron chi connectivity index (χ3n) is 5.08. The van der Waals surface area contributed by atoms with Gasteiger partial charge in [0.05, 0.1) is 17.0 Å². The number of Topliss-reactive ketones (excluding diaryl/α,β-unsaturated/α-hetero) is 1. The number of fused-ring (bicyclic) bond motifs is 1. The van der Waals surface area contributed by atoms with Crippen molar-refractivity contribution in [3.63, 3.8) is 0 Å². The first kappa shape index (κ1) is 14.8. The molecule has 1 aromatic heterocycles. The minimum absolute atomic E-state index is 0.0828. The highest BCUT2D eigenvalue weighted by Gasteiger charge is 2.37. The van der Waals surface area contributed by atoms with Gasteiger partial charge in [-0.3, -0.25) is 9.48 Å². The van der Waals surface area contributed by atoms with Crippen molar-refractivity contribution in [3.8, 4) is 0 Å². The molecular weight excluding hydrogens is 260 g/mol. The molecular formula is C18H28N2O. The van der Waals surface area contributed by atoms with Gasteiger partial charge in [-0.15, -0.1) is 0 Å². The first-order valence-corrected chi connectivity index (χ1v) is 8.64. The summed E-state index contributed by atoms with van der Waals surface area (Å²) >= 11 is 0. The second-order valence-corrected chi connectivity index (χ2v) is 7.71. The molecule has 21 heavy (non-hydrogen) atoms. The third-order valence-corrected chi connectivity index (χ3v) is 5.08. The molecule has 2 aliphatic carbocycles. The molecule has 0 atom stereocenters. The van der Waals surface area contributed by atoms with Crippen LogP contribution in [0.3, 0.4) is 0 Å². The van der Waals surface area contributed by atoms with Crippen molar-refractivity contribution in [2.45, 2.75) is 84.6 Å². The molecule has 1 aromatic rings. The lowest BCUT2D eigenvalue weighted by atomic mass is 9.74. The Labute approximate surface area is 128 Å². The average Bonchev–Trinajstić information content (AvgIpc) is 2.78. The van der Waals surface area contributed by atoms with Crippen LogP contribution in [0.25, 0.3) is 0 Å². The molecule has 1 fully saturated rings. The lowest BCUT2D eigenvalue weighted by molar-refractivity contribution is 0.0908. The fourth-order valence-electron chi connectivity index (χ4n) is 4.10. The molecule has 0 aliphatic heterocycles. The fourth-order valence-corrected chi connectivity index (χ4v) is 4.10. The Morgan fingerprint density at radius 3 is 2.57 bits per heavy atom. The molecule has 0 saturated heterocycles. The highest BCUT2D eigenvalue weighted by atomic mass is 16.1. The van der Waals surface area contributed by atoms with E-state index in [2.05, 4.69) is 25.5 Å². The van der Waals surface area contributed by atoms with Crippen molar-refractivity contribution in [3.05, 3.63) is 17.0 Å². The number of rotatable bonds is 3. The van der Waals surface area contributed by atoms with Crippen molar-refractivity contribution in [1.29, 1.82) is 0 Å². The first-order chi connectivity index (χ1) is 10.0. The van der Waals surface area contributed by atoms with Gasteiger partial charge in [-0.1, -0.05) is 40.0 Å². The number of aromatic nitrogens is 2. The zero-order chi connectivity index (χ0) is 15.0. The summed E-state index contributed by atoms with van der Waals surface area (Å²) in [5, 5.41) is 4.92. The van der Waals surface area contributed by atoms with Crippen molar-refractivity contribution in [1.82, 2.24) is 9.78 Å². The molecule has 0 unspecified atom stereocenters. The molecule has 2 aliphatic rings. The van der Waals surface area contributed by atoms with Gasteiger partial charge in [0.25, 0.3) is 0 Å². The first-order valence-electron chi connectivity index (χ1n) is 8.64. The van der Waals surface area contributed by atoms with Crippen LogP contribution in [0.15, 0.2) is 0 Å². The molecule has 0 amide bonds. The Bertz CT molecular complexity index is 536. The normalized spacial score (nSPS) is 22.3. The van der Waals surface area contributed by atoms with E-state index < -0.39 is 0 Å². The number of nitrogens with zero attached hydrogens (tertiary/aromatic N) is 2. The zero-order valence-electron chi connectivity index (χ0n) is 13.7. The SMILES string of the molecule is CCCn1nc(C2CCCCC2)c2c1CC(C)(C)CC2=O. The molecule has 3 heteroatoms. The van der Waals surface area contributed by atoms with Crippen molar-refractivity contribution in [2.75, 3.05) is 0 Å². The largest absolute Gasteiger partial charge is 0.294 e. The zero-order valence-corrected chi connectivity index (χ0v) is 13.7. The second-order valence-electron chi connectivity index (χ2n) is 7.71. The lowest BCUT2D eigenvalue weighted by Crippen LogP contribution is -2.28. The quantitative estimate of drug-likeness (QED) is 0.821. The smallest absolute Gasteiger partial charge is 0.167 e. The number of hydrogen-bond acceptors (Lipinski definition) is 2. The monoisotopic (exact) mass is 288 g/mol. The van der Waals surface area contributed by atoms with Crippen LogP contribution in [-0.4, -0.2) is 15.6 Å². The Morgan fingerprint density at radius 1 is 1.19 bits per heavy atom. The van der Waals surface area contributed by atoms with Crippen LogP contribution in [0.5, 0.6) is 0 Å². The Hall–Kier alpha value is -1.12. The molecule has 3 rings (SSSR count). The molecule has 0 aromatic carbocycles. The summed E-state index contributed by atoms with van der Waals surface area (Å²) in [6, 6.07) is 0. The van der Waals surface area contributed by atoms with Gasteiger partial charge in [-0.25, -0.2) is 0 Å². The van der Waals surface area contributed by atoms with Crippen LogP contribution >= 0.6 is 0 Å². The molecule has 0 spiro atoms. The summed E-state index contributed by atoms with van der Waals surface area (Å²) in [5.41, 5.74) is 3.45. The van der Waals surface area contributed by atoms with Crippen LogP contribution in [0.2, 0.25) is 0 Å². The highest BCUT2D eigenvalue weighted by Crippen LogP contribution is 2.41. The maximum absolute atomic E-state index is 12.7. The Morgan fingerprint density at radius 2 is 1.90 bits per heavy atom. The summed E-state index contributed by atoms with van der Waals surface area (Å²) in [5.74, 6) is 0.861. The third kappa shape index (κ3) is 2.79. The summed E-state index contributed by atoms with van der Waals surface area (Å²) in [6.45, 7) is 7.54. The van der Waals surface area contributed by atoms with E-state index >= 15 is 0 Å². The minimum atomic E-state index is 0.0828. The average molecular weight is 288 g/mol. The number of ketones is 1. The van der Waals surface area contributed by atoms with Crippen molar-refractivity contribution in [2.24, 2.45) is 5.41 Å². The van der Waals surface area contributed by atoms with E-state index in [0.717, 1.165) is 30.6 Å². The summed E-state index contributed by atoms with van der Waals surface area (Å²) in [4.78, 5) is 12.7. The molecule has 0 radical (unpaired) electrons. The molecule has 0 N–H and O–H groups in total. The van der Waals surface area contributed by atoms with Crippen LogP contribution < -0.4 is 0 Å². The van der Waals surface area contributed by atoms with E-state index in [-0.39, 0.29) is 5.41 Å². The molecule has 1 saturated carbocycles. The van der Waals surface area contributed by atoms with Gasteiger partial charge in [0.15, 0.2) is 5.78 Å². The van der Waals surface area contributed by atoms with Crippen LogP contribution in [-0.2, 0) is 13.0 Å². The summed E-state index contributed by atoms with van der Waals surface area (Å²) < 4.78 is 2.15. The maximum Gasteiger partial charge on any atom is 0.167 e. The standard InChI is InChI=1S/C18H28N2O/c1-4-10-20-14-11-18(2,3)12-15(21)16(14)17(19-20)13-8-6-5-7-9-13/h13H,4-12H2,1-3H3. The van der Waals surface area contributed by atoms with E-state index in [1.165, 1.54) is 37.8 Å². The predicted octanol–water partition coefficient (Wildman–Crippen LogP) is 4.50.